The van der Waals surface area contributed by atoms with E-state index in [-0.39, 0.29) is 0 Å². The SMILES string of the molecule is COCCNCc1cccc(CC(C)C)c1. The van der Waals surface area contributed by atoms with Crippen LogP contribution in [0.3, 0.4) is 0 Å². The molecule has 1 aromatic carbocycles. The van der Waals surface area contributed by atoms with E-state index >= 15 is 0 Å². The summed E-state index contributed by atoms with van der Waals surface area (Å²) in [6.45, 7) is 7.11. The average Bonchev–Trinajstić information content (AvgIpc) is 2.24. The highest BCUT2D eigenvalue weighted by atomic mass is 16.5. The summed E-state index contributed by atoms with van der Waals surface area (Å²) < 4.78 is 4.99. The maximum atomic E-state index is 4.99. The quantitative estimate of drug-likeness (QED) is 0.715. The predicted molar refractivity (Wildman–Crippen MR) is 68.6 cm³/mol. The fraction of sp³-hybridized carbons (Fsp3) is 0.571. The van der Waals surface area contributed by atoms with Crippen LogP contribution in [-0.4, -0.2) is 20.3 Å². The van der Waals surface area contributed by atoms with Crippen LogP contribution in [0.15, 0.2) is 24.3 Å². The van der Waals surface area contributed by atoms with Crippen molar-refractivity contribution in [3.8, 4) is 0 Å². The van der Waals surface area contributed by atoms with Gasteiger partial charge in [-0.3, -0.25) is 0 Å². The zero-order valence-corrected chi connectivity index (χ0v) is 10.6. The van der Waals surface area contributed by atoms with Crippen molar-refractivity contribution in [3.63, 3.8) is 0 Å². The lowest BCUT2D eigenvalue weighted by Gasteiger charge is -2.08. The van der Waals surface area contributed by atoms with E-state index in [1.807, 2.05) is 0 Å². The van der Waals surface area contributed by atoms with E-state index < -0.39 is 0 Å². The van der Waals surface area contributed by atoms with Gasteiger partial charge in [-0.1, -0.05) is 38.1 Å². The third-order valence-corrected chi connectivity index (χ3v) is 2.45. The predicted octanol–water partition coefficient (Wildman–Crippen LogP) is 2.62. The average molecular weight is 221 g/mol. The lowest BCUT2D eigenvalue weighted by molar-refractivity contribution is 0.199. The Kier molecular flexibility index (Phi) is 6.12. The molecule has 0 aromatic heterocycles. The Bertz CT molecular complexity index is 297. The lowest BCUT2D eigenvalue weighted by atomic mass is 10.0. The van der Waals surface area contributed by atoms with Crippen LogP contribution in [0.25, 0.3) is 0 Å². The molecule has 0 bridgehead atoms. The molecule has 0 saturated heterocycles. The van der Waals surface area contributed by atoms with Gasteiger partial charge in [0.15, 0.2) is 0 Å². The van der Waals surface area contributed by atoms with Gasteiger partial charge >= 0.3 is 0 Å². The molecule has 1 aromatic rings. The summed E-state index contributed by atoms with van der Waals surface area (Å²) in [6.07, 6.45) is 1.16. The van der Waals surface area contributed by atoms with E-state index in [9.17, 15) is 0 Å². The van der Waals surface area contributed by atoms with E-state index in [1.54, 1.807) is 7.11 Å². The van der Waals surface area contributed by atoms with Gasteiger partial charge in [-0.15, -0.1) is 0 Å². The van der Waals surface area contributed by atoms with Crippen LogP contribution in [0.5, 0.6) is 0 Å². The Hall–Kier alpha value is -0.860. The molecule has 0 aliphatic rings. The molecular weight excluding hydrogens is 198 g/mol. The fourth-order valence-corrected chi connectivity index (χ4v) is 1.74. The molecule has 0 spiro atoms. The van der Waals surface area contributed by atoms with Crippen molar-refractivity contribution >= 4 is 0 Å². The summed E-state index contributed by atoms with van der Waals surface area (Å²) in [7, 11) is 1.73. The molecule has 2 heteroatoms. The van der Waals surface area contributed by atoms with Crippen LogP contribution in [0.1, 0.15) is 25.0 Å². The first kappa shape index (κ1) is 13.2. The van der Waals surface area contributed by atoms with Crippen molar-refractivity contribution < 1.29 is 4.74 Å². The molecule has 1 N–H and O–H groups in total. The van der Waals surface area contributed by atoms with E-state index in [0.717, 1.165) is 32.0 Å². The lowest BCUT2D eigenvalue weighted by Crippen LogP contribution is -2.18. The van der Waals surface area contributed by atoms with Gasteiger partial charge in [0.25, 0.3) is 0 Å². The molecule has 1 rings (SSSR count). The Morgan fingerprint density at radius 3 is 2.69 bits per heavy atom. The molecule has 90 valence electrons. The minimum Gasteiger partial charge on any atom is -0.383 e. The topological polar surface area (TPSA) is 21.3 Å². The minimum atomic E-state index is 0.719. The number of nitrogens with one attached hydrogen (secondary N) is 1. The van der Waals surface area contributed by atoms with Crippen LogP contribution in [-0.2, 0) is 17.7 Å². The Labute approximate surface area is 99.0 Å². The Morgan fingerprint density at radius 2 is 2.00 bits per heavy atom. The third-order valence-electron chi connectivity index (χ3n) is 2.45. The van der Waals surface area contributed by atoms with Gasteiger partial charge in [-0.25, -0.2) is 0 Å². The van der Waals surface area contributed by atoms with Gasteiger partial charge in [0.2, 0.25) is 0 Å². The maximum Gasteiger partial charge on any atom is 0.0587 e. The van der Waals surface area contributed by atoms with E-state index in [1.165, 1.54) is 11.1 Å². The van der Waals surface area contributed by atoms with Gasteiger partial charge < -0.3 is 10.1 Å². The second-order valence-corrected chi connectivity index (χ2v) is 4.59. The number of ether oxygens (including phenoxy) is 1. The van der Waals surface area contributed by atoms with Gasteiger partial charge in [0.1, 0.15) is 0 Å². The molecule has 0 aliphatic carbocycles. The zero-order chi connectivity index (χ0) is 11.8. The van der Waals surface area contributed by atoms with Crippen molar-refractivity contribution in [3.05, 3.63) is 35.4 Å². The van der Waals surface area contributed by atoms with E-state index in [2.05, 4.69) is 43.4 Å². The van der Waals surface area contributed by atoms with Crippen LogP contribution in [0.4, 0.5) is 0 Å². The number of rotatable bonds is 7. The van der Waals surface area contributed by atoms with Gasteiger partial charge in [-0.05, 0) is 23.5 Å². The highest BCUT2D eigenvalue weighted by molar-refractivity contribution is 5.23. The van der Waals surface area contributed by atoms with Crippen LogP contribution in [0, 0.1) is 5.92 Å². The number of hydrogen-bond donors (Lipinski definition) is 1. The summed E-state index contributed by atoms with van der Waals surface area (Å²) in [6, 6.07) is 8.81. The summed E-state index contributed by atoms with van der Waals surface area (Å²) in [5.74, 6) is 0.719. The maximum absolute atomic E-state index is 4.99. The van der Waals surface area contributed by atoms with Gasteiger partial charge in [-0.2, -0.15) is 0 Å². The molecule has 0 unspecified atom stereocenters. The molecule has 0 heterocycles. The highest BCUT2D eigenvalue weighted by Crippen LogP contribution is 2.10. The molecule has 0 saturated carbocycles. The van der Waals surface area contributed by atoms with Crippen molar-refractivity contribution in [1.82, 2.24) is 5.32 Å². The minimum absolute atomic E-state index is 0.719. The molecule has 16 heavy (non-hydrogen) atoms. The smallest absolute Gasteiger partial charge is 0.0587 e. The molecule has 0 aliphatic heterocycles. The molecule has 0 amide bonds. The van der Waals surface area contributed by atoms with E-state index in [0.29, 0.717) is 0 Å². The van der Waals surface area contributed by atoms with Gasteiger partial charge in [0.05, 0.1) is 6.61 Å². The third kappa shape index (κ3) is 5.29. The first-order valence-electron chi connectivity index (χ1n) is 6.00. The fourth-order valence-electron chi connectivity index (χ4n) is 1.74. The normalized spacial score (nSPS) is 11.0. The number of benzene rings is 1. The second kappa shape index (κ2) is 7.42. The summed E-state index contributed by atoms with van der Waals surface area (Å²) in [5.41, 5.74) is 2.79. The van der Waals surface area contributed by atoms with Crippen molar-refractivity contribution in [2.45, 2.75) is 26.8 Å². The highest BCUT2D eigenvalue weighted by Gasteiger charge is 1.99. The first-order valence-corrected chi connectivity index (χ1v) is 6.00. The van der Waals surface area contributed by atoms with Gasteiger partial charge in [0, 0.05) is 20.2 Å². The van der Waals surface area contributed by atoms with Crippen LogP contribution in [0.2, 0.25) is 0 Å². The molecule has 0 radical (unpaired) electrons. The molecule has 2 nitrogen and oxygen atoms in total. The van der Waals surface area contributed by atoms with Crippen LogP contribution < -0.4 is 5.32 Å². The van der Waals surface area contributed by atoms with Crippen molar-refractivity contribution in [1.29, 1.82) is 0 Å². The van der Waals surface area contributed by atoms with Crippen LogP contribution >= 0.6 is 0 Å². The molecule has 0 atom stereocenters. The number of methoxy groups -OCH3 is 1. The van der Waals surface area contributed by atoms with Crippen molar-refractivity contribution in [2.75, 3.05) is 20.3 Å². The van der Waals surface area contributed by atoms with Crippen molar-refractivity contribution in [2.24, 2.45) is 5.92 Å². The number of hydrogen-bond acceptors (Lipinski definition) is 2. The second-order valence-electron chi connectivity index (χ2n) is 4.59. The standard InChI is InChI=1S/C14H23NO/c1-12(2)9-13-5-4-6-14(10-13)11-15-7-8-16-3/h4-6,10,12,15H,7-9,11H2,1-3H3. The summed E-state index contributed by atoms with van der Waals surface area (Å²) >= 11 is 0. The first-order chi connectivity index (χ1) is 7.72. The summed E-state index contributed by atoms with van der Waals surface area (Å²) in [4.78, 5) is 0. The summed E-state index contributed by atoms with van der Waals surface area (Å²) in [5, 5.41) is 3.36. The zero-order valence-electron chi connectivity index (χ0n) is 10.6. The Morgan fingerprint density at radius 1 is 1.25 bits per heavy atom. The largest absolute Gasteiger partial charge is 0.383 e. The molecular formula is C14H23NO. The molecule has 0 fully saturated rings. The Balaban J connectivity index is 2.41. The monoisotopic (exact) mass is 221 g/mol. The van der Waals surface area contributed by atoms with E-state index in [4.69, 9.17) is 4.74 Å².